The first-order chi connectivity index (χ1) is 13.4. The molecule has 0 aliphatic carbocycles. The molecule has 0 aliphatic heterocycles. The largest absolute Gasteiger partial charge is 0.493 e. The highest BCUT2D eigenvalue weighted by Crippen LogP contribution is 2.28. The van der Waals surface area contributed by atoms with E-state index >= 15 is 0 Å². The summed E-state index contributed by atoms with van der Waals surface area (Å²) in [5.74, 6) is 0.991. The number of ether oxygens (including phenoxy) is 2. The lowest BCUT2D eigenvalue weighted by molar-refractivity contribution is -0.111. The lowest BCUT2D eigenvalue weighted by Gasteiger charge is -2.11. The molecule has 2 aromatic rings. The molecule has 0 atom stereocenters. The third-order valence-electron chi connectivity index (χ3n) is 3.94. The van der Waals surface area contributed by atoms with Crippen LogP contribution in [0.25, 0.3) is 6.08 Å². The topological polar surface area (TPSA) is 76.7 Å². The van der Waals surface area contributed by atoms with Crippen LogP contribution in [-0.4, -0.2) is 32.6 Å². The average molecular weight is 382 g/mol. The van der Waals surface area contributed by atoms with Crippen LogP contribution in [0.15, 0.2) is 48.5 Å². The average Bonchev–Trinajstić information content (AvgIpc) is 2.70. The molecular formula is C22H26N2O4. The summed E-state index contributed by atoms with van der Waals surface area (Å²) in [4.78, 5) is 24.7. The van der Waals surface area contributed by atoms with Crippen LogP contribution >= 0.6 is 0 Å². The Hall–Kier alpha value is -3.28. The molecule has 0 spiro atoms. The van der Waals surface area contributed by atoms with Crippen LogP contribution in [0.4, 0.5) is 5.69 Å². The second kappa shape index (κ2) is 10.2. The molecule has 0 heterocycles. The molecule has 6 heteroatoms. The molecule has 2 N–H and O–H groups in total. The summed E-state index contributed by atoms with van der Waals surface area (Å²) in [5, 5.41) is 5.62. The van der Waals surface area contributed by atoms with Crippen molar-refractivity contribution in [2.45, 2.75) is 13.8 Å². The van der Waals surface area contributed by atoms with Gasteiger partial charge < -0.3 is 20.1 Å². The smallest absolute Gasteiger partial charge is 0.253 e. The fourth-order valence-electron chi connectivity index (χ4n) is 2.48. The normalized spacial score (nSPS) is 10.8. The number of rotatable bonds is 8. The maximum Gasteiger partial charge on any atom is 0.253 e. The Kier molecular flexibility index (Phi) is 7.63. The van der Waals surface area contributed by atoms with Gasteiger partial charge in [-0.25, -0.2) is 0 Å². The van der Waals surface area contributed by atoms with Gasteiger partial charge in [-0.05, 0) is 41.8 Å². The predicted molar refractivity (Wildman–Crippen MR) is 111 cm³/mol. The fourth-order valence-corrected chi connectivity index (χ4v) is 2.48. The number of benzene rings is 2. The number of carbonyl (C=O) groups is 2. The van der Waals surface area contributed by atoms with Crippen LogP contribution in [0, 0.1) is 5.92 Å². The minimum absolute atomic E-state index is 0.214. The second-order valence-electron chi connectivity index (χ2n) is 6.59. The van der Waals surface area contributed by atoms with Crippen LogP contribution in [-0.2, 0) is 4.79 Å². The highest BCUT2D eigenvalue weighted by atomic mass is 16.5. The number of hydrogen-bond acceptors (Lipinski definition) is 4. The summed E-state index contributed by atoms with van der Waals surface area (Å²) in [6, 6.07) is 12.3. The number of carbonyl (C=O) groups excluding carboxylic acids is 2. The van der Waals surface area contributed by atoms with Gasteiger partial charge in [-0.3, -0.25) is 9.59 Å². The quantitative estimate of drug-likeness (QED) is 0.682. The van der Waals surface area contributed by atoms with Gasteiger partial charge in [-0.15, -0.1) is 0 Å². The standard InChI is InChI=1S/C22H26N2O4/c1-15(2)14-23-22(26)17-7-5-6-8-18(17)24-21(25)12-10-16-9-11-19(27-3)20(13-16)28-4/h5-13,15H,14H2,1-4H3,(H,23,26)(H,24,25). The first-order valence-corrected chi connectivity index (χ1v) is 9.03. The van der Waals surface area contributed by atoms with Crippen LogP contribution in [0.3, 0.4) is 0 Å². The van der Waals surface area contributed by atoms with Crippen molar-refractivity contribution >= 4 is 23.6 Å². The molecule has 0 radical (unpaired) electrons. The number of amides is 2. The van der Waals surface area contributed by atoms with Gasteiger partial charge in [0.2, 0.25) is 5.91 Å². The van der Waals surface area contributed by atoms with Gasteiger partial charge in [0.1, 0.15) is 0 Å². The van der Waals surface area contributed by atoms with Gasteiger partial charge in [-0.2, -0.15) is 0 Å². The van der Waals surface area contributed by atoms with Gasteiger partial charge in [0.25, 0.3) is 5.91 Å². The maximum atomic E-state index is 12.4. The van der Waals surface area contributed by atoms with Crippen molar-refractivity contribution in [1.29, 1.82) is 0 Å². The molecule has 0 saturated heterocycles. The van der Waals surface area contributed by atoms with Crippen molar-refractivity contribution in [3.05, 3.63) is 59.7 Å². The minimum atomic E-state index is -0.334. The van der Waals surface area contributed by atoms with Crippen LogP contribution in [0.2, 0.25) is 0 Å². The summed E-state index contributed by atoms with van der Waals surface area (Å²) in [6.45, 7) is 4.61. The first-order valence-electron chi connectivity index (χ1n) is 9.03. The van der Waals surface area contributed by atoms with Crippen molar-refractivity contribution in [3.63, 3.8) is 0 Å². The van der Waals surface area contributed by atoms with Crippen LogP contribution in [0.1, 0.15) is 29.8 Å². The highest BCUT2D eigenvalue weighted by molar-refractivity contribution is 6.07. The van der Waals surface area contributed by atoms with E-state index in [0.717, 1.165) is 5.56 Å². The fraction of sp³-hybridized carbons (Fsp3) is 0.273. The zero-order valence-electron chi connectivity index (χ0n) is 16.6. The number of para-hydroxylation sites is 1. The molecule has 0 aliphatic rings. The van der Waals surface area contributed by atoms with Crippen molar-refractivity contribution in [1.82, 2.24) is 5.32 Å². The summed E-state index contributed by atoms with van der Waals surface area (Å²) < 4.78 is 10.5. The Morgan fingerprint density at radius 3 is 2.43 bits per heavy atom. The van der Waals surface area contributed by atoms with Gasteiger partial charge in [0, 0.05) is 12.6 Å². The molecule has 0 unspecified atom stereocenters. The Balaban J connectivity index is 2.09. The van der Waals surface area contributed by atoms with Gasteiger partial charge >= 0.3 is 0 Å². The summed E-state index contributed by atoms with van der Waals surface area (Å²) in [7, 11) is 3.12. The molecule has 0 aromatic heterocycles. The Labute approximate surface area is 165 Å². The van der Waals surface area contributed by atoms with Gasteiger partial charge in [-0.1, -0.05) is 32.0 Å². The van der Waals surface area contributed by atoms with Crippen molar-refractivity contribution in [2.24, 2.45) is 5.92 Å². The monoisotopic (exact) mass is 382 g/mol. The Bertz CT molecular complexity index is 859. The third kappa shape index (κ3) is 5.87. The van der Waals surface area contributed by atoms with Gasteiger partial charge in [0.15, 0.2) is 11.5 Å². The van der Waals surface area contributed by atoms with E-state index in [1.807, 2.05) is 19.9 Å². The SMILES string of the molecule is COc1ccc(C=CC(=O)Nc2ccccc2C(=O)NCC(C)C)cc1OC. The van der Waals surface area contributed by atoms with E-state index < -0.39 is 0 Å². The van der Waals surface area contributed by atoms with Crippen molar-refractivity contribution < 1.29 is 19.1 Å². The van der Waals surface area contributed by atoms with Crippen molar-refractivity contribution in [3.8, 4) is 11.5 Å². The first kappa shape index (κ1) is 21.0. The second-order valence-corrected chi connectivity index (χ2v) is 6.59. The van der Waals surface area contributed by atoms with Crippen LogP contribution in [0.5, 0.6) is 11.5 Å². The molecule has 2 amide bonds. The molecule has 0 saturated carbocycles. The molecule has 0 fully saturated rings. The van der Waals surface area contributed by atoms with Crippen molar-refractivity contribution in [2.75, 3.05) is 26.1 Å². The maximum absolute atomic E-state index is 12.4. The molecule has 6 nitrogen and oxygen atoms in total. The number of anilines is 1. The molecular weight excluding hydrogens is 356 g/mol. The summed E-state index contributed by atoms with van der Waals surface area (Å²) in [5.41, 5.74) is 1.68. The van der Waals surface area contributed by atoms with Gasteiger partial charge in [0.05, 0.1) is 25.5 Å². The minimum Gasteiger partial charge on any atom is -0.493 e. The zero-order valence-corrected chi connectivity index (χ0v) is 16.6. The van der Waals surface area contributed by atoms with E-state index in [0.29, 0.717) is 35.2 Å². The highest BCUT2D eigenvalue weighted by Gasteiger charge is 2.12. The lowest BCUT2D eigenvalue weighted by atomic mass is 10.1. The Morgan fingerprint density at radius 1 is 1.04 bits per heavy atom. The van der Waals surface area contributed by atoms with E-state index in [1.165, 1.54) is 6.08 Å². The lowest BCUT2D eigenvalue weighted by Crippen LogP contribution is -2.28. The van der Waals surface area contributed by atoms with E-state index in [4.69, 9.17) is 9.47 Å². The zero-order chi connectivity index (χ0) is 20.5. The van der Waals surface area contributed by atoms with E-state index in [1.54, 1.807) is 56.7 Å². The molecule has 28 heavy (non-hydrogen) atoms. The van der Waals surface area contributed by atoms with Crippen LogP contribution < -0.4 is 20.1 Å². The van der Waals surface area contributed by atoms with E-state index in [9.17, 15) is 9.59 Å². The van der Waals surface area contributed by atoms with E-state index in [-0.39, 0.29) is 11.8 Å². The molecule has 2 rings (SSSR count). The predicted octanol–water partition coefficient (Wildman–Crippen LogP) is 3.74. The number of hydrogen-bond donors (Lipinski definition) is 2. The molecule has 2 aromatic carbocycles. The number of methoxy groups -OCH3 is 2. The van der Waals surface area contributed by atoms with E-state index in [2.05, 4.69) is 10.6 Å². The summed E-state index contributed by atoms with van der Waals surface area (Å²) >= 11 is 0. The third-order valence-corrected chi connectivity index (χ3v) is 3.94. The Morgan fingerprint density at radius 2 is 1.75 bits per heavy atom. The summed E-state index contributed by atoms with van der Waals surface area (Å²) in [6.07, 6.45) is 3.07. The number of nitrogens with one attached hydrogen (secondary N) is 2. The molecule has 148 valence electrons. The molecule has 0 bridgehead atoms.